The average Bonchev–Trinajstić information content (AvgIpc) is 3.22. The zero-order chi connectivity index (χ0) is 22.5. The molecule has 1 aromatic carbocycles. The van der Waals surface area contributed by atoms with E-state index in [1.54, 1.807) is 23.1 Å². The van der Waals surface area contributed by atoms with Crippen molar-refractivity contribution in [2.45, 2.75) is 38.1 Å². The number of rotatable bonds is 5. The lowest BCUT2D eigenvalue weighted by Gasteiger charge is -2.10. The predicted octanol–water partition coefficient (Wildman–Crippen LogP) is 3.60. The molecule has 1 aliphatic carbocycles. The summed E-state index contributed by atoms with van der Waals surface area (Å²) in [6.07, 6.45) is 10.6. The molecule has 0 bridgehead atoms. The van der Waals surface area contributed by atoms with Crippen LogP contribution in [0.3, 0.4) is 0 Å². The number of hydrogen-bond acceptors (Lipinski definition) is 4. The Bertz CT molecular complexity index is 1360. The normalized spacial score (nSPS) is 18.2. The van der Waals surface area contributed by atoms with Gasteiger partial charge in [-0.25, -0.2) is 14.1 Å². The van der Waals surface area contributed by atoms with Crippen LogP contribution in [0.25, 0.3) is 22.6 Å². The monoisotopic (exact) mass is 444 g/mol. The molecule has 2 N–H and O–H groups in total. The van der Waals surface area contributed by atoms with E-state index in [1.807, 2.05) is 19.2 Å². The number of nitrogens with one attached hydrogen (secondary N) is 2. The van der Waals surface area contributed by atoms with Gasteiger partial charge in [0.1, 0.15) is 11.5 Å². The van der Waals surface area contributed by atoms with Crippen molar-refractivity contribution in [2.24, 2.45) is 0 Å². The van der Waals surface area contributed by atoms with E-state index in [2.05, 4.69) is 37.4 Å². The van der Waals surface area contributed by atoms with E-state index in [4.69, 9.17) is 0 Å². The molecule has 2 fully saturated rings. The van der Waals surface area contributed by atoms with Crippen molar-refractivity contribution in [3.8, 4) is 16.9 Å². The second-order valence-corrected chi connectivity index (χ2v) is 9.07. The molecular formula is C25H25FN6O. The Balaban J connectivity index is 1.36. The van der Waals surface area contributed by atoms with Crippen molar-refractivity contribution >= 4 is 11.6 Å². The first-order valence-corrected chi connectivity index (χ1v) is 11.4. The fourth-order valence-electron chi connectivity index (χ4n) is 4.57. The number of halogens is 1. The van der Waals surface area contributed by atoms with Gasteiger partial charge in [-0.05, 0) is 73.5 Å². The summed E-state index contributed by atoms with van der Waals surface area (Å²) in [5, 5.41) is 10.8. The lowest BCUT2D eigenvalue weighted by Crippen LogP contribution is -2.26. The standard InChI is InChI=1S/C25H25FN6O/c1-15-8-22(26)21(25(33)30-19-3-4-19)9-20(15)18-11-29-32(14-18)24-12-28-23-5-2-17(13-31(23)24)16-6-7-27-10-16/h2,5,8-9,11-14,16,19,27H,3-4,6-7,10H2,1H3,(H,30,33). The molecular weight excluding hydrogens is 419 g/mol. The molecule has 1 aliphatic heterocycles. The lowest BCUT2D eigenvalue weighted by atomic mass is 9.99. The van der Waals surface area contributed by atoms with Crippen molar-refractivity contribution in [1.29, 1.82) is 0 Å². The molecule has 8 heteroatoms. The second-order valence-electron chi connectivity index (χ2n) is 9.07. The van der Waals surface area contributed by atoms with Crippen LogP contribution in [0, 0.1) is 12.7 Å². The number of imidazole rings is 1. The first kappa shape index (κ1) is 20.1. The Morgan fingerprint density at radius 2 is 2.06 bits per heavy atom. The van der Waals surface area contributed by atoms with Crippen LogP contribution in [0.5, 0.6) is 0 Å². The molecule has 4 heterocycles. The third kappa shape index (κ3) is 3.70. The highest BCUT2D eigenvalue weighted by Gasteiger charge is 2.26. The van der Waals surface area contributed by atoms with E-state index in [0.717, 1.165) is 60.5 Å². The van der Waals surface area contributed by atoms with E-state index in [0.29, 0.717) is 5.92 Å². The molecule has 6 rings (SSSR count). The maximum absolute atomic E-state index is 14.5. The quantitative estimate of drug-likeness (QED) is 0.493. The third-order valence-electron chi connectivity index (χ3n) is 6.64. The molecule has 1 amide bonds. The molecule has 7 nitrogen and oxygen atoms in total. The van der Waals surface area contributed by atoms with Crippen molar-refractivity contribution in [1.82, 2.24) is 29.8 Å². The first-order chi connectivity index (χ1) is 16.1. The summed E-state index contributed by atoms with van der Waals surface area (Å²) in [4.78, 5) is 17.0. The molecule has 1 saturated heterocycles. The number of aryl methyl sites for hydroxylation is 1. The van der Waals surface area contributed by atoms with Gasteiger partial charge in [0.2, 0.25) is 0 Å². The number of pyridine rings is 1. The molecule has 168 valence electrons. The van der Waals surface area contributed by atoms with Crippen LogP contribution in [0.2, 0.25) is 0 Å². The topological polar surface area (TPSA) is 76.2 Å². The molecule has 0 radical (unpaired) electrons. The largest absolute Gasteiger partial charge is 0.349 e. The highest BCUT2D eigenvalue weighted by molar-refractivity contribution is 5.96. The van der Waals surface area contributed by atoms with Gasteiger partial charge < -0.3 is 10.6 Å². The highest BCUT2D eigenvalue weighted by Crippen LogP contribution is 2.29. The van der Waals surface area contributed by atoms with Gasteiger partial charge >= 0.3 is 0 Å². The zero-order valence-corrected chi connectivity index (χ0v) is 18.4. The number of amides is 1. The summed E-state index contributed by atoms with van der Waals surface area (Å²) >= 11 is 0. The van der Waals surface area contributed by atoms with Gasteiger partial charge in [-0.15, -0.1) is 0 Å². The Morgan fingerprint density at radius 1 is 1.18 bits per heavy atom. The number of nitrogens with zero attached hydrogens (tertiary/aromatic N) is 4. The van der Waals surface area contributed by atoms with Crippen LogP contribution in [0.4, 0.5) is 4.39 Å². The summed E-state index contributed by atoms with van der Waals surface area (Å²) in [7, 11) is 0. The summed E-state index contributed by atoms with van der Waals surface area (Å²) in [6.45, 7) is 3.87. The van der Waals surface area contributed by atoms with Crippen molar-refractivity contribution in [3.63, 3.8) is 0 Å². The van der Waals surface area contributed by atoms with Crippen molar-refractivity contribution < 1.29 is 9.18 Å². The van der Waals surface area contributed by atoms with E-state index in [-0.39, 0.29) is 17.5 Å². The van der Waals surface area contributed by atoms with Gasteiger partial charge in [0.15, 0.2) is 5.82 Å². The van der Waals surface area contributed by atoms with E-state index >= 15 is 0 Å². The van der Waals surface area contributed by atoms with E-state index in [9.17, 15) is 9.18 Å². The van der Waals surface area contributed by atoms with E-state index < -0.39 is 5.82 Å². The van der Waals surface area contributed by atoms with Crippen LogP contribution in [-0.2, 0) is 0 Å². The van der Waals surface area contributed by atoms with Gasteiger partial charge in [0.25, 0.3) is 5.91 Å². The Morgan fingerprint density at radius 3 is 2.85 bits per heavy atom. The molecule has 2 aliphatic rings. The zero-order valence-electron chi connectivity index (χ0n) is 18.4. The van der Waals surface area contributed by atoms with Gasteiger partial charge in [-0.2, -0.15) is 5.10 Å². The average molecular weight is 445 g/mol. The van der Waals surface area contributed by atoms with Crippen LogP contribution in [-0.4, -0.2) is 44.2 Å². The number of hydrogen-bond donors (Lipinski definition) is 2. The highest BCUT2D eigenvalue weighted by atomic mass is 19.1. The molecule has 33 heavy (non-hydrogen) atoms. The molecule has 4 aromatic rings. The maximum Gasteiger partial charge on any atom is 0.254 e. The smallest absolute Gasteiger partial charge is 0.254 e. The van der Waals surface area contributed by atoms with Gasteiger partial charge in [0, 0.05) is 30.5 Å². The van der Waals surface area contributed by atoms with Gasteiger partial charge in [-0.1, -0.05) is 6.07 Å². The number of carbonyl (C=O) groups excluding carboxylic acids is 1. The fraction of sp³-hybridized carbons (Fsp3) is 0.320. The van der Waals surface area contributed by atoms with Crippen molar-refractivity contribution in [3.05, 3.63) is 71.6 Å². The third-order valence-corrected chi connectivity index (χ3v) is 6.64. The SMILES string of the molecule is Cc1cc(F)c(C(=O)NC2CC2)cc1-c1cnn(-c2cnc3ccc(C4CCNC4)cn23)c1. The minimum absolute atomic E-state index is 0.0693. The minimum atomic E-state index is -0.502. The summed E-state index contributed by atoms with van der Waals surface area (Å²) in [5.41, 5.74) is 4.56. The van der Waals surface area contributed by atoms with E-state index in [1.165, 1.54) is 11.6 Å². The first-order valence-electron chi connectivity index (χ1n) is 11.4. The second kappa shape index (κ2) is 7.81. The Hall–Kier alpha value is -3.52. The minimum Gasteiger partial charge on any atom is -0.349 e. The number of aromatic nitrogens is 4. The van der Waals surface area contributed by atoms with Gasteiger partial charge in [0.05, 0.1) is 18.0 Å². The molecule has 0 spiro atoms. The molecule has 3 aromatic heterocycles. The van der Waals surface area contributed by atoms with Crippen LogP contribution < -0.4 is 10.6 Å². The molecule has 1 saturated carbocycles. The summed E-state index contributed by atoms with van der Waals surface area (Å²) in [6, 6.07) is 7.41. The fourth-order valence-corrected chi connectivity index (χ4v) is 4.57. The van der Waals surface area contributed by atoms with Crippen LogP contribution in [0.1, 0.15) is 46.7 Å². The number of benzene rings is 1. The van der Waals surface area contributed by atoms with Crippen LogP contribution >= 0.6 is 0 Å². The van der Waals surface area contributed by atoms with Gasteiger partial charge in [-0.3, -0.25) is 9.20 Å². The Kier molecular flexibility index (Phi) is 4.76. The molecule has 1 atom stereocenters. The maximum atomic E-state index is 14.5. The number of carbonyl (C=O) groups is 1. The van der Waals surface area contributed by atoms with Crippen LogP contribution in [0.15, 0.2) is 49.1 Å². The lowest BCUT2D eigenvalue weighted by molar-refractivity contribution is 0.0947. The summed E-state index contributed by atoms with van der Waals surface area (Å²) < 4.78 is 18.4. The summed E-state index contributed by atoms with van der Waals surface area (Å²) in [5.74, 6) is 0.465. The predicted molar refractivity (Wildman–Crippen MR) is 123 cm³/mol. The Labute approximate surface area is 190 Å². The number of fused-ring (bicyclic) bond motifs is 1. The molecule has 1 unspecified atom stereocenters. The van der Waals surface area contributed by atoms with Crippen molar-refractivity contribution in [2.75, 3.05) is 13.1 Å².